The van der Waals surface area contributed by atoms with E-state index in [0.29, 0.717) is 11.5 Å². The molecule has 0 fully saturated rings. The zero-order valence-corrected chi connectivity index (χ0v) is 14.8. The molecule has 0 aliphatic heterocycles. The summed E-state index contributed by atoms with van der Waals surface area (Å²) in [5.41, 5.74) is 4.28. The number of hydrogen-bond acceptors (Lipinski definition) is 3. The van der Waals surface area contributed by atoms with Crippen molar-refractivity contribution in [2.45, 2.75) is 6.54 Å². The fraction of sp³-hybridized carbons (Fsp3) is 0.136. The van der Waals surface area contributed by atoms with E-state index in [1.165, 1.54) is 5.56 Å². The fourth-order valence-corrected chi connectivity index (χ4v) is 3.20. The minimum absolute atomic E-state index is 0.701. The van der Waals surface area contributed by atoms with Crippen molar-refractivity contribution < 1.29 is 9.47 Å². The third kappa shape index (κ3) is 2.90. The highest BCUT2D eigenvalue weighted by Gasteiger charge is 2.14. The van der Waals surface area contributed by atoms with Gasteiger partial charge in [0, 0.05) is 10.9 Å². The molecular weight excluding hydrogens is 324 g/mol. The largest absolute Gasteiger partial charge is 0.493 e. The molecule has 0 saturated heterocycles. The maximum Gasteiger partial charge on any atom is 0.161 e. The van der Waals surface area contributed by atoms with E-state index in [9.17, 15) is 0 Å². The van der Waals surface area contributed by atoms with E-state index in [0.717, 1.165) is 28.7 Å². The van der Waals surface area contributed by atoms with Crippen molar-refractivity contribution in [3.8, 4) is 22.8 Å². The molecule has 1 aromatic heterocycles. The summed E-state index contributed by atoms with van der Waals surface area (Å²) >= 11 is 0. The van der Waals surface area contributed by atoms with E-state index in [-0.39, 0.29) is 0 Å². The maximum absolute atomic E-state index is 5.45. The summed E-state index contributed by atoms with van der Waals surface area (Å²) in [4.78, 5) is 0. The molecule has 4 aromatic rings. The molecule has 4 heteroatoms. The molecule has 26 heavy (non-hydrogen) atoms. The zero-order chi connectivity index (χ0) is 17.9. The molecule has 1 heterocycles. The van der Waals surface area contributed by atoms with Gasteiger partial charge in [-0.25, -0.2) is 0 Å². The van der Waals surface area contributed by atoms with Crippen LogP contribution in [0.4, 0.5) is 0 Å². The van der Waals surface area contributed by atoms with Crippen LogP contribution in [0.25, 0.3) is 22.2 Å². The van der Waals surface area contributed by atoms with Crippen LogP contribution in [0, 0.1) is 0 Å². The molecule has 130 valence electrons. The first-order valence-corrected chi connectivity index (χ1v) is 8.52. The number of hydrogen-bond donors (Lipinski definition) is 0. The van der Waals surface area contributed by atoms with Gasteiger partial charge in [-0.1, -0.05) is 48.5 Å². The van der Waals surface area contributed by atoms with Gasteiger partial charge in [0.2, 0.25) is 0 Å². The molecule has 0 unspecified atom stereocenters. The molecule has 0 bridgehead atoms. The van der Waals surface area contributed by atoms with E-state index in [2.05, 4.69) is 41.1 Å². The molecule has 0 N–H and O–H groups in total. The molecule has 3 aromatic carbocycles. The van der Waals surface area contributed by atoms with E-state index in [4.69, 9.17) is 14.6 Å². The van der Waals surface area contributed by atoms with Crippen molar-refractivity contribution >= 4 is 10.9 Å². The summed E-state index contributed by atoms with van der Waals surface area (Å²) in [5.74, 6) is 1.41. The molecule has 4 nitrogen and oxygen atoms in total. The normalized spacial score (nSPS) is 10.8. The molecule has 0 amide bonds. The summed E-state index contributed by atoms with van der Waals surface area (Å²) in [7, 11) is 3.29. The van der Waals surface area contributed by atoms with Gasteiger partial charge in [0.05, 0.1) is 26.3 Å². The second kappa shape index (κ2) is 6.92. The number of ether oxygens (including phenoxy) is 2. The van der Waals surface area contributed by atoms with Gasteiger partial charge in [-0.15, -0.1) is 0 Å². The highest BCUT2D eigenvalue weighted by atomic mass is 16.5. The smallest absolute Gasteiger partial charge is 0.161 e. The van der Waals surface area contributed by atoms with E-state index in [1.54, 1.807) is 14.2 Å². The van der Waals surface area contributed by atoms with Crippen molar-refractivity contribution in [3.63, 3.8) is 0 Å². The average molecular weight is 344 g/mol. The Bertz CT molecular complexity index is 1040. The number of rotatable bonds is 5. The van der Waals surface area contributed by atoms with Crippen molar-refractivity contribution in [2.75, 3.05) is 14.2 Å². The summed E-state index contributed by atoms with van der Waals surface area (Å²) < 4.78 is 12.9. The summed E-state index contributed by atoms with van der Waals surface area (Å²) in [5, 5.41) is 6.03. The lowest BCUT2D eigenvalue weighted by atomic mass is 10.1. The third-order valence-electron chi connectivity index (χ3n) is 4.49. The zero-order valence-electron chi connectivity index (χ0n) is 14.8. The first-order chi connectivity index (χ1) is 12.8. The fourth-order valence-electron chi connectivity index (χ4n) is 3.20. The Hall–Kier alpha value is -3.27. The van der Waals surface area contributed by atoms with Crippen molar-refractivity contribution in [1.29, 1.82) is 0 Å². The van der Waals surface area contributed by atoms with Gasteiger partial charge in [0.25, 0.3) is 0 Å². The highest BCUT2D eigenvalue weighted by molar-refractivity contribution is 5.93. The Balaban J connectivity index is 1.83. The van der Waals surface area contributed by atoms with Crippen LogP contribution in [0.3, 0.4) is 0 Å². The van der Waals surface area contributed by atoms with E-state index in [1.807, 2.05) is 36.4 Å². The van der Waals surface area contributed by atoms with Crippen molar-refractivity contribution in [2.24, 2.45) is 0 Å². The monoisotopic (exact) mass is 344 g/mol. The van der Waals surface area contributed by atoms with Crippen LogP contribution in [-0.4, -0.2) is 24.0 Å². The summed E-state index contributed by atoms with van der Waals surface area (Å²) in [6.07, 6.45) is 0. The quantitative estimate of drug-likeness (QED) is 0.523. The molecule has 0 saturated carbocycles. The van der Waals surface area contributed by atoms with Gasteiger partial charge in [0.15, 0.2) is 11.5 Å². The summed E-state index contributed by atoms with van der Waals surface area (Å²) in [6, 6.07) is 24.6. The Morgan fingerprint density at radius 1 is 0.808 bits per heavy atom. The van der Waals surface area contributed by atoms with Crippen LogP contribution in [0.15, 0.2) is 72.8 Å². The minimum atomic E-state index is 0.701. The van der Waals surface area contributed by atoms with Gasteiger partial charge in [-0.3, -0.25) is 4.68 Å². The summed E-state index contributed by atoms with van der Waals surface area (Å²) in [6.45, 7) is 0.731. The van der Waals surface area contributed by atoms with Crippen LogP contribution in [0.1, 0.15) is 5.56 Å². The predicted octanol–water partition coefficient (Wildman–Crippen LogP) is 4.77. The molecule has 0 aliphatic carbocycles. The van der Waals surface area contributed by atoms with Crippen LogP contribution in [-0.2, 0) is 6.54 Å². The molecule has 0 aliphatic rings. The Morgan fingerprint density at radius 3 is 2.31 bits per heavy atom. The third-order valence-corrected chi connectivity index (χ3v) is 4.49. The number of benzene rings is 3. The Morgan fingerprint density at radius 2 is 1.54 bits per heavy atom. The first-order valence-electron chi connectivity index (χ1n) is 8.52. The highest BCUT2D eigenvalue weighted by Crippen LogP contribution is 2.35. The number of nitrogens with zero attached hydrogens (tertiary/aromatic N) is 2. The Labute approximate surface area is 152 Å². The van der Waals surface area contributed by atoms with Gasteiger partial charge in [-0.05, 0) is 29.8 Å². The SMILES string of the molecule is COc1ccc(-c2nn(Cc3ccccc3)c3ccccc23)cc1OC. The van der Waals surface area contributed by atoms with Crippen LogP contribution >= 0.6 is 0 Å². The van der Waals surface area contributed by atoms with Gasteiger partial charge in [-0.2, -0.15) is 5.10 Å². The van der Waals surface area contributed by atoms with Gasteiger partial charge >= 0.3 is 0 Å². The van der Waals surface area contributed by atoms with Crippen LogP contribution in [0.5, 0.6) is 11.5 Å². The molecular formula is C22H20N2O2. The number of fused-ring (bicyclic) bond motifs is 1. The first kappa shape index (κ1) is 16.2. The lowest BCUT2D eigenvalue weighted by Crippen LogP contribution is -2.01. The van der Waals surface area contributed by atoms with Crippen molar-refractivity contribution in [3.05, 3.63) is 78.4 Å². The number of methoxy groups -OCH3 is 2. The van der Waals surface area contributed by atoms with Crippen LogP contribution < -0.4 is 9.47 Å². The van der Waals surface area contributed by atoms with Crippen LogP contribution in [0.2, 0.25) is 0 Å². The second-order valence-corrected chi connectivity index (χ2v) is 6.08. The van der Waals surface area contributed by atoms with Gasteiger partial charge < -0.3 is 9.47 Å². The molecule has 4 rings (SSSR count). The number of para-hydroxylation sites is 1. The Kier molecular flexibility index (Phi) is 4.32. The van der Waals surface area contributed by atoms with E-state index < -0.39 is 0 Å². The average Bonchev–Trinajstić information content (AvgIpc) is 3.07. The standard InChI is InChI=1S/C22H20N2O2/c1-25-20-13-12-17(14-21(20)26-2)22-18-10-6-7-11-19(18)24(23-22)15-16-8-4-3-5-9-16/h3-14H,15H2,1-2H3. The molecule has 0 spiro atoms. The van der Waals surface area contributed by atoms with Gasteiger partial charge in [0.1, 0.15) is 5.69 Å². The van der Waals surface area contributed by atoms with Crippen molar-refractivity contribution in [1.82, 2.24) is 9.78 Å². The predicted molar refractivity (Wildman–Crippen MR) is 104 cm³/mol. The topological polar surface area (TPSA) is 36.3 Å². The lowest BCUT2D eigenvalue weighted by molar-refractivity contribution is 0.355. The van der Waals surface area contributed by atoms with E-state index >= 15 is 0 Å². The lowest BCUT2D eigenvalue weighted by Gasteiger charge is -2.08. The molecule has 0 atom stereocenters. The number of aromatic nitrogens is 2. The second-order valence-electron chi connectivity index (χ2n) is 6.08. The molecule has 0 radical (unpaired) electrons. The minimum Gasteiger partial charge on any atom is -0.493 e. The maximum atomic E-state index is 5.45.